The monoisotopic (exact) mass is 490 g/mol. The predicted molar refractivity (Wildman–Crippen MR) is 120 cm³/mol. The highest BCUT2D eigenvalue weighted by molar-refractivity contribution is 7.89. The Morgan fingerprint density at radius 1 is 1.00 bits per heavy atom. The first-order valence-corrected chi connectivity index (χ1v) is 12.2. The van der Waals surface area contributed by atoms with Crippen LogP contribution in [-0.4, -0.2) is 55.8 Å². The molecule has 2 aromatic carbocycles. The largest absolute Gasteiger partial charge is 0.379 e. The number of aromatic nitrogens is 1. The van der Waals surface area contributed by atoms with Gasteiger partial charge in [0.2, 0.25) is 10.0 Å². The summed E-state index contributed by atoms with van der Waals surface area (Å²) in [5.74, 6) is -1.90. The van der Waals surface area contributed by atoms with Gasteiger partial charge >= 0.3 is 0 Å². The van der Waals surface area contributed by atoms with Crippen molar-refractivity contribution >= 4 is 44.0 Å². The average Bonchev–Trinajstić information content (AvgIpc) is 3.33. The molecular formula is C21H19FN4O5S2. The Balaban J connectivity index is 1.47. The van der Waals surface area contributed by atoms with E-state index in [2.05, 4.69) is 15.6 Å². The molecule has 1 aromatic heterocycles. The number of nitrogens with zero attached hydrogens (tertiary/aromatic N) is 2. The number of carbonyl (C=O) groups is 2. The van der Waals surface area contributed by atoms with Crippen LogP contribution in [0.4, 0.5) is 15.2 Å². The molecule has 4 rings (SSSR count). The van der Waals surface area contributed by atoms with Crippen molar-refractivity contribution in [3.8, 4) is 0 Å². The van der Waals surface area contributed by atoms with Crippen molar-refractivity contribution in [3.05, 3.63) is 71.0 Å². The second-order valence-corrected chi connectivity index (χ2v) is 9.79. The van der Waals surface area contributed by atoms with E-state index in [9.17, 15) is 22.4 Å². The van der Waals surface area contributed by atoms with Gasteiger partial charge in [-0.1, -0.05) is 0 Å². The Labute approximate surface area is 193 Å². The summed E-state index contributed by atoms with van der Waals surface area (Å²) in [6.07, 6.45) is 1.58. The topological polar surface area (TPSA) is 118 Å². The molecule has 0 saturated carbocycles. The highest BCUT2D eigenvalue weighted by Gasteiger charge is 2.29. The highest BCUT2D eigenvalue weighted by Crippen LogP contribution is 2.23. The standard InChI is InChI=1S/C21H19FN4O5S2/c22-17-6-3-15(13-18(17)33(29,30)26-8-10-31-11-9-26)20(28)24-16-4-1-14(2-5-16)19(27)25-21-23-7-12-32-21/h1-7,12-13H,8-11H2,(H,24,28)(H,23,25,27). The molecule has 3 aromatic rings. The smallest absolute Gasteiger partial charge is 0.257 e. The minimum absolute atomic E-state index is 0.0196. The van der Waals surface area contributed by atoms with E-state index in [-0.39, 0.29) is 37.8 Å². The Kier molecular flexibility index (Phi) is 6.79. The number of sulfonamides is 1. The number of benzene rings is 2. The molecule has 0 atom stereocenters. The molecule has 1 saturated heterocycles. The zero-order valence-electron chi connectivity index (χ0n) is 17.2. The third kappa shape index (κ3) is 5.25. The summed E-state index contributed by atoms with van der Waals surface area (Å²) >= 11 is 1.29. The minimum Gasteiger partial charge on any atom is -0.379 e. The normalized spacial score (nSPS) is 14.6. The van der Waals surface area contributed by atoms with E-state index in [0.29, 0.717) is 16.4 Å². The lowest BCUT2D eigenvalue weighted by molar-refractivity contribution is 0.0729. The van der Waals surface area contributed by atoms with E-state index in [1.807, 2.05) is 0 Å². The molecule has 2 N–H and O–H groups in total. The molecule has 2 amide bonds. The van der Waals surface area contributed by atoms with Crippen LogP contribution in [0.25, 0.3) is 0 Å². The second kappa shape index (κ2) is 9.75. The molecule has 172 valence electrons. The van der Waals surface area contributed by atoms with Gasteiger partial charge in [0.25, 0.3) is 11.8 Å². The van der Waals surface area contributed by atoms with Crippen molar-refractivity contribution in [2.24, 2.45) is 0 Å². The predicted octanol–water partition coefficient (Wildman–Crippen LogP) is 2.81. The maximum Gasteiger partial charge on any atom is 0.257 e. The Bertz CT molecular complexity index is 1260. The van der Waals surface area contributed by atoms with Gasteiger partial charge in [-0.2, -0.15) is 4.31 Å². The van der Waals surface area contributed by atoms with Gasteiger partial charge in [0.05, 0.1) is 13.2 Å². The quantitative estimate of drug-likeness (QED) is 0.549. The molecule has 2 heterocycles. The molecular weight excluding hydrogens is 471 g/mol. The molecule has 1 aliphatic rings. The molecule has 12 heteroatoms. The molecule has 0 spiro atoms. The van der Waals surface area contributed by atoms with E-state index in [1.165, 1.54) is 41.7 Å². The maximum atomic E-state index is 14.4. The zero-order chi connectivity index (χ0) is 23.4. The van der Waals surface area contributed by atoms with E-state index in [4.69, 9.17) is 4.74 Å². The number of halogens is 1. The van der Waals surface area contributed by atoms with E-state index < -0.39 is 26.6 Å². The number of ether oxygens (including phenoxy) is 1. The van der Waals surface area contributed by atoms with Crippen LogP contribution < -0.4 is 10.6 Å². The molecule has 9 nitrogen and oxygen atoms in total. The van der Waals surface area contributed by atoms with Crippen LogP contribution in [0.2, 0.25) is 0 Å². The van der Waals surface area contributed by atoms with Gasteiger partial charge in [0.15, 0.2) is 5.13 Å². The summed E-state index contributed by atoms with van der Waals surface area (Å²) in [5, 5.41) is 7.48. The molecule has 0 unspecified atom stereocenters. The summed E-state index contributed by atoms with van der Waals surface area (Å²) in [6.45, 7) is 0.666. The van der Waals surface area contributed by atoms with Crippen molar-refractivity contribution < 1.29 is 27.1 Å². The van der Waals surface area contributed by atoms with Crippen molar-refractivity contribution in [3.63, 3.8) is 0 Å². The van der Waals surface area contributed by atoms with Crippen molar-refractivity contribution in [1.29, 1.82) is 0 Å². The Hall–Kier alpha value is -3.19. The third-order valence-corrected chi connectivity index (χ3v) is 7.44. The van der Waals surface area contributed by atoms with Gasteiger partial charge in [-0.05, 0) is 42.5 Å². The molecule has 1 aliphatic heterocycles. The summed E-state index contributed by atoms with van der Waals surface area (Å²) in [7, 11) is -4.11. The number of anilines is 2. The van der Waals surface area contributed by atoms with Gasteiger partial charge in [-0.25, -0.2) is 17.8 Å². The van der Waals surface area contributed by atoms with Crippen molar-refractivity contribution in [2.75, 3.05) is 36.9 Å². The van der Waals surface area contributed by atoms with E-state index >= 15 is 0 Å². The molecule has 0 radical (unpaired) electrons. The van der Waals surface area contributed by atoms with Gasteiger partial charge in [-0.15, -0.1) is 11.3 Å². The maximum absolute atomic E-state index is 14.4. The number of rotatable bonds is 6. The number of nitrogens with one attached hydrogen (secondary N) is 2. The fourth-order valence-corrected chi connectivity index (χ4v) is 5.15. The first kappa shape index (κ1) is 23.0. The van der Waals surface area contributed by atoms with Crippen LogP contribution in [0.1, 0.15) is 20.7 Å². The lowest BCUT2D eigenvalue weighted by Gasteiger charge is -2.26. The fraction of sp³-hybridized carbons (Fsp3) is 0.190. The van der Waals surface area contributed by atoms with Gasteiger partial charge in [0.1, 0.15) is 10.7 Å². The number of morpholine rings is 1. The Morgan fingerprint density at radius 3 is 2.33 bits per heavy atom. The molecule has 0 aliphatic carbocycles. The second-order valence-electron chi connectivity index (χ2n) is 6.98. The van der Waals surface area contributed by atoms with Crippen LogP contribution in [0, 0.1) is 5.82 Å². The molecule has 33 heavy (non-hydrogen) atoms. The average molecular weight is 491 g/mol. The van der Waals surface area contributed by atoms with Crippen molar-refractivity contribution in [1.82, 2.24) is 9.29 Å². The summed E-state index contributed by atoms with van der Waals surface area (Å²) in [5.41, 5.74) is 0.727. The lowest BCUT2D eigenvalue weighted by atomic mass is 10.1. The summed E-state index contributed by atoms with van der Waals surface area (Å²) in [4.78, 5) is 28.3. The van der Waals surface area contributed by atoms with Gasteiger partial charge in [0, 0.05) is 41.5 Å². The third-order valence-electron chi connectivity index (χ3n) is 4.84. The molecule has 1 fully saturated rings. The first-order valence-electron chi connectivity index (χ1n) is 9.84. The fourth-order valence-electron chi connectivity index (χ4n) is 3.13. The summed E-state index contributed by atoms with van der Waals surface area (Å²) in [6, 6.07) is 9.29. The minimum atomic E-state index is -4.11. The first-order chi connectivity index (χ1) is 15.8. The van der Waals surface area contributed by atoms with Crippen LogP contribution in [0.5, 0.6) is 0 Å². The van der Waals surface area contributed by atoms with Gasteiger partial charge in [-0.3, -0.25) is 14.9 Å². The number of carbonyl (C=O) groups excluding carboxylic acids is 2. The summed E-state index contributed by atoms with van der Waals surface area (Å²) < 4.78 is 46.3. The van der Waals surface area contributed by atoms with Crippen molar-refractivity contribution in [2.45, 2.75) is 4.90 Å². The van der Waals surface area contributed by atoms with Crippen LogP contribution in [-0.2, 0) is 14.8 Å². The van der Waals surface area contributed by atoms with Crippen LogP contribution in [0.3, 0.4) is 0 Å². The number of hydrogen-bond donors (Lipinski definition) is 2. The van der Waals surface area contributed by atoms with E-state index in [1.54, 1.807) is 11.6 Å². The van der Waals surface area contributed by atoms with Crippen LogP contribution in [0.15, 0.2) is 58.9 Å². The number of amides is 2. The van der Waals surface area contributed by atoms with Crippen LogP contribution >= 0.6 is 11.3 Å². The van der Waals surface area contributed by atoms with Gasteiger partial charge < -0.3 is 10.1 Å². The molecule has 0 bridgehead atoms. The number of thiazole rings is 1. The zero-order valence-corrected chi connectivity index (χ0v) is 18.8. The van der Waals surface area contributed by atoms with E-state index in [0.717, 1.165) is 16.4 Å². The highest BCUT2D eigenvalue weighted by atomic mass is 32.2. The number of hydrogen-bond acceptors (Lipinski definition) is 7. The SMILES string of the molecule is O=C(Nc1ccc(C(=O)Nc2nccs2)cc1)c1ccc(F)c(S(=O)(=O)N2CCOCC2)c1. The lowest BCUT2D eigenvalue weighted by Crippen LogP contribution is -2.41. The Morgan fingerprint density at radius 2 is 1.67 bits per heavy atom.